The summed E-state index contributed by atoms with van der Waals surface area (Å²) < 4.78 is 0. The molecule has 1 aromatic carbocycles. The number of carbonyl (C=O) groups excluding carboxylic acids is 2. The number of carbonyl (C=O) groups is 2. The highest BCUT2D eigenvalue weighted by Crippen LogP contribution is 2.17. The van der Waals surface area contributed by atoms with Gasteiger partial charge in [0.2, 0.25) is 11.8 Å². The quantitative estimate of drug-likeness (QED) is 0.499. The van der Waals surface area contributed by atoms with Crippen LogP contribution in [0.5, 0.6) is 0 Å². The molecule has 2 heterocycles. The number of rotatable bonds is 4. The van der Waals surface area contributed by atoms with Crippen molar-refractivity contribution in [1.29, 1.82) is 0 Å². The SMILES string of the molecule is CN1C(=O)[C@@H](C=NC2CCN(Cc3ccccc3)CC2)C(=O)NC1=S. The van der Waals surface area contributed by atoms with Crippen molar-refractivity contribution in [1.82, 2.24) is 15.1 Å². The maximum Gasteiger partial charge on any atom is 0.246 e. The lowest BCUT2D eigenvalue weighted by atomic mass is 10.0. The first-order chi connectivity index (χ1) is 12.0. The van der Waals surface area contributed by atoms with E-state index in [0.717, 1.165) is 32.5 Å². The summed E-state index contributed by atoms with van der Waals surface area (Å²) in [5.74, 6) is -1.59. The van der Waals surface area contributed by atoms with E-state index in [-0.39, 0.29) is 17.1 Å². The van der Waals surface area contributed by atoms with E-state index in [1.807, 2.05) is 6.07 Å². The van der Waals surface area contributed by atoms with Gasteiger partial charge in [0.05, 0.1) is 6.04 Å². The van der Waals surface area contributed by atoms with Crippen LogP contribution >= 0.6 is 12.2 Å². The number of piperidine rings is 1. The second-order valence-electron chi connectivity index (χ2n) is 6.46. The van der Waals surface area contributed by atoms with Gasteiger partial charge < -0.3 is 5.32 Å². The average Bonchev–Trinajstić information content (AvgIpc) is 2.62. The second kappa shape index (κ2) is 7.84. The summed E-state index contributed by atoms with van der Waals surface area (Å²) >= 11 is 4.93. The minimum absolute atomic E-state index is 0.147. The minimum atomic E-state index is -0.876. The summed E-state index contributed by atoms with van der Waals surface area (Å²) in [6.45, 7) is 2.88. The van der Waals surface area contributed by atoms with Crippen LogP contribution in [-0.2, 0) is 16.1 Å². The van der Waals surface area contributed by atoms with Crippen molar-refractivity contribution in [3.05, 3.63) is 35.9 Å². The van der Waals surface area contributed by atoms with E-state index in [1.165, 1.54) is 16.7 Å². The van der Waals surface area contributed by atoms with E-state index in [4.69, 9.17) is 12.2 Å². The molecule has 132 valence electrons. The maximum atomic E-state index is 12.2. The smallest absolute Gasteiger partial charge is 0.246 e. The third-order valence-corrected chi connectivity index (χ3v) is 5.04. The predicted octanol–water partition coefficient (Wildman–Crippen LogP) is 1.21. The van der Waals surface area contributed by atoms with Gasteiger partial charge in [-0.05, 0) is 30.6 Å². The van der Waals surface area contributed by atoms with Gasteiger partial charge >= 0.3 is 0 Å². The molecule has 1 aromatic rings. The van der Waals surface area contributed by atoms with Gasteiger partial charge in [-0.2, -0.15) is 0 Å². The second-order valence-corrected chi connectivity index (χ2v) is 6.85. The molecule has 2 saturated heterocycles. The van der Waals surface area contributed by atoms with Crippen LogP contribution < -0.4 is 5.32 Å². The van der Waals surface area contributed by atoms with Crippen LogP contribution in [0.4, 0.5) is 0 Å². The van der Waals surface area contributed by atoms with Crippen molar-refractivity contribution in [2.24, 2.45) is 10.9 Å². The molecule has 2 fully saturated rings. The van der Waals surface area contributed by atoms with Gasteiger partial charge in [0.15, 0.2) is 11.0 Å². The predicted molar refractivity (Wildman–Crippen MR) is 100 cm³/mol. The summed E-state index contributed by atoms with van der Waals surface area (Å²) in [7, 11) is 1.56. The highest BCUT2D eigenvalue weighted by Gasteiger charge is 2.35. The molecule has 0 saturated carbocycles. The van der Waals surface area contributed by atoms with Crippen LogP contribution in [0.1, 0.15) is 18.4 Å². The Labute approximate surface area is 152 Å². The Balaban J connectivity index is 1.51. The van der Waals surface area contributed by atoms with Crippen molar-refractivity contribution in [2.75, 3.05) is 20.1 Å². The first-order valence-electron chi connectivity index (χ1n) is 8.46. The van der Waals surface area contributed by atoms with Crippen LogP contribution in [0.3, 0.4) is 0 Å². The van der Waals surface area contributed by atoms with Crippen LogP contribution in [-0.4, -0.2) is 59.1 Å². The molecule has 1 N–H and O–H groups in total. The first kappa shape index (κ1) is 17.7. The highest BCUT2D eigenvalue weighted by atomic mass is 32.1. The number of nitrogens with zero attached hydrogens (tertiary/aromatic N) is 3. The molecule has 0 bridgehead atoms. The summed E-state index contributed by atoms with van der Waals surface area (Å²) in [4.78, 5) is 32.3. The minimum Gasteiger partial charge on any atom is -0.302 e. The third kappa shape index (κ3) is 4.29. The third-order valence-electron chi connectivity index (χ3n) is 4.67. The molecule has 2 aliphatic rings. The van der Waals surface area contributed by atoms with Gasteiger partial charge in [-0.25, -0.2) is 0 Å². The van der Waals surface area contributed by atoms with Gasteiger partial charge in [0.25, 0.3) is 0 Å². The zero-order valence-electron chi connectivity index (χ0n) is 14.2. The molecular weight excluding hydrogens is 336 g/mol. The summed E-state index contributed by atoms with van der Waals surface area (Å²) in [6.07, 6.45) is 3.35. The lowest BCUT2D eigenvalue weighted by Gasteiger charge is -2.31. The molecular formula is C18H22N4O2S. The molecule has 0 aromatic heterocycles. The topological polar surface area (TPSA) is 65.0 Å². The van der Waals surface area contributed by atoms with E-state index in [9.17, 15) is 9.59 Å². The van der Waals surface area contributed by atoms with E-state index in [1.54, 1.807) is 7.05 Å². The Bertz CT molecular complexity index is 684. The Morgan fingerprint density at radius 1 is 1.24 bits per heavy atom. The number of hydrogen-bond acceptors (Lipinski definition) is 5. The average molecular weight is 358 g/mol. The van der Waals surface area contributed by atoms with Crippen LogP contribution in [0.2, 0.25) is 0 Å². The van der Waals surface area contributed by atoms with Gasteiger partial charge in [-0.1, -0.05) is 30.3 Å². The Morgan fingerprint density at radius 3 is 2.60 bits per heavy atom. The van der Waals surface area contributed by atoms with E-state index in [2.05, 4.69) is 39.5 Å². The van der Waals surface area contributed by atoms with Crippen LogP contribution in [0.25, 0.3) is 0 Å². The molecule has 3 rings (SSSR count). The number of likely N-dealkylation sites (tertiary alicyclic amines) is 1. The fraction of sp³-hybridized carbons (Fsp3) is 0.444. The van der Waals surface area contributed by atoms with Gasteiger partial charge in [0, 0.05) is 32.9 Å². The van der Waals surface area contributed by atoms with Crippen molar-refractivity contribution in [2.45, 2.75) is 25.4 Å². The number of benzene rings is 1. The fourth-order valence-corrected chi connectivity index (χ4v) is 3.29. The number of amides is 2. The highest BCUT2D eigenvalue weighted by molar-refractivity contribution is 7.80. The Morgan fingerprint density at radius 2 is 1.92 bits per heavy atom. The number of hydrogen-bond donors (Lipinski definition) is 1. The van der Waals surface area contributed by atoms with E-state index >= 15 is 0 Å². The molecule has 25 heavy (non-hydrogen) atoms. The van der Waals surface area contributed by atoms with E-state index in [0.29, 0.717) is 0 Å². The van der Waals surface area contributed by atoms with Crippen LogP contribution in [0, 0.1) is 5.92 Å². The van der Waals surface area contributed by atoms with Gasteiger partial charge in [-0.15, -0.1) is 0 Å². The molecule has 2 aliphatic heterocycles. The van der Waals surface area contributed by atoms with Crippen LogP contribution in [0.15, 0.2) is 35.3 Å². The molecule has 7 heteroatoms. The zero-order chi connectivity index (χ0) is 17.8. The van der Waals surface area contributed by atoms with Crippen molar-refractivity contribution < 1.29 is 9.59 Å². The Kier molecular flexibility index (Phi) is 5.55. The molecule has 1 atom stereocenters. The van der Waals surface area contributed by atoms with Crippen molar-refractivity contribution in [3.63, 3.8) is 0 Å². The normalized spacial score (nSPS) is 23.3. The Hall–Kier alpha value is -2.12. The number of thiocarbonyl (C=S) groups is 1. The van der Waals surface area contributed by atoms with Gasteiger partial charge in [-0.3, -0.25) is 24.4 Å². The largest absolute Gasteiger partial charge is 0.302 e. The monoisotopic (exact) mass is 358 g/mol. The molecule has 0 radical (unpaired) electrons. The summed E-state index contributed by atoms with van der Waals surface area (Å²) in [5, 5.41) is 2.68. The molecule has 0 spiro atoms. The van der Waals surface area contributed by atoms with Crippen molar-refractivity contribution in [3.8, 4) is 0 Å². The molecule has 2 amide bonds. The fourth-order valence-electron chi connectivity index (χ4n) is 3.10. The zero-order valence-corrected chi connectivity index (χ0v) is 15.0. The van der Waals surface area contributed by atoms with E-state index < -0.39 is 11.8 Å². The summed E-state index contributed by atoms with van der Waals surface area (Å²) in [5.41, 5.74) is 1.31. The lowest BCUT2D eigenvalue weighted by molar-refractivity contribution is -0.137. The first-order valence-corrected chi connectivity index (χ1v) is 8.87. The molecule has 6 nitrogen and oxygen atoms in total. The maximum absolute atomic E-state index is 12.2. The van der Waals surface area contributed by atoms with Crippen molar-refractivity contribution >= 4 is 35.4 Å². The van der Waals surface area contributed by atoms with Gasteiger partial charge in [0.1, 0.15) is 0 Å². The number of nitrogens with one attached hydrogen (secondary N) is 1. The molecule has 0 unspecified atom stereocenters. The molecule has 0 aliphatic carbocycles. The summed E-state index contributed by atoms with van der Waals surface area (Å²) in [6, 6.07) is 10.6. The number of aliphatic imine (C=N–C) groups is 1. The standard InChI is InChI=1S/C18H22N4O2S/c1-21-17(24)15(16(23)20-18(21)25)11-19-14-7-9-22(10-8-14)12-13-5-3-2-4-6-13/h2-6,11,14-15H,7-10,12H2,1H3,(H,20,23,25)/t15-/m0/s1. The lowest BCUT2D eigenvalue weighted by Crippen LogP contribution is -2.56.